The molecule has 0 unspecified atom stereocenters. The van der Waals surface area contributed by atoms with Crippen molar-refractivity contribution in [3.05, 3.63) is 216 Å². The number of likely N-dealkylation sites (N-methyl/N-ethyl adjacent to an activating group) is 1. The minimum absolute atomic E-state index is 0.236. The molecule has 18 rings (SSSR count). The van der Waals surface area contributed by atoms with Crippen LogP contribution in [0.4, 0.5) is 21.5 Å². The van der Waals surface area contributed by atoms with Crippen LogP contribution in [0.15, 0.2) is 177 Å². The standard InChI is InChI=1S/C28H28N6.C25H26FN7.C25H22N6/c1-19-15-34-26-9-8-24(32-11-10-25(18-32)31(2)3)12-23(26)17-33-16-22(13-27(33)28(34)30-19)21-6-4-20(14-29)5-7-21;1-30(2)13-17-9-10-31(14-17)22-7-8-23-20(11-22)16-32-15-19(18-3-5-21(26)6-4-18)12-24(32)25-27-28-29-33(23)25;1-17-8-9-29(13-17)22-6-7-23-21(10-22)15-30-14-20(19-4-2-18(12-26)3-5-19)11-24(30)25-28-27-16-31(23)25/h4-9,12-13,15-16,25H,10-11,17-18H2,1-3H3;3-8,11-12,15,17H,9-10,13-14,16H2,1-2H3;2-7,10-11,14,16-17H,8-9,13,15H2,1H3/t25-;2*17-/m100/s1. The topological polar surface area (TPSA) is 171 Å². The van der Waals surface area contributed by atoms with Gasteiger partial charge in [0, 0.05) is 130 Å². The Kier molecular flexibility index (Phi) is 16.0. The maximum atomic E-state index is 13.4. The van der Waals surface area contributed by atoms with Gasteiger partial charge in [0.1, 0.15) is 12.1 Å². The van der Waals surface area contributed by atoms with Gasteiger partial charge in [-0.15, -0.1) is 15.3 Å². The van der Waals surface area contributed by atoms with Gasteiger partial charge in [-0.25, -0.2) is 9.37 Å². The molecule has 0 N–H and O–H groups in total. The Labute approximate surface area is 569 Å². The number of rotatable bonds is 9. The summed E-state index contributed by atoms with van der Waals surface area (Å²) in [5, 5.41) is 39.4. The van der Waals surface area contributed by atoms with Gasteiger partial charge in [-0.3, -0.25) is 9.13 Å². The Morgan fingerprint density at radius 1 is 0.510 bits per heavy atom. The number of hydrogen-bond acceptors (Lipinski definition) is 13. The minimum atomic E-state index is -0.236. The summed E-state index contributed by atoms with van der Waals surface area (Å²) in [6.45, 7) is 14.3. The minimum Gasteiger partial charge on any atom is -0.371 e. The molecule has 490 valence electrons. The van der Waals surface area contributed by atoms with Crippen molar-refractivity contribution in [3.63, 3.8) is 0 Å². The zero-order valence-electron chi connectivity index (χ0n) is 56.0. The maximum Gasteiger partial charge on any atom is 0.203 e. The second-order valence-electron chi connectivity index (χ2n) is 27.6. The first-order valence-corrected chi connectivity index (χ1v) is 33.8. The highest BCUT2D eigenvalue weighted by molar-refractivity contribution is 5.76. The van der Waals surface area contributed by atoms with Gasteiger partial charge >= 0.3 is 0 Å². The molecular weight excluding hydrogens is 1220 g/mol. The lowest BCUT2D eigenvalue weighted by Gasteiger charge is -2.23. The van der Waals surface area contributed by atoms with Crippen molar-refractivity contribution >= 4 is 17.1 Å². The molecule has 0 aliphatic carbocycles. The summed E-state index contributed by atoms with van der Waals surface area (Å²) in [7, 11) is 8.63. The molecule has 0 spiro atoms. The van der Waals surface area contributed by atoms with Crippen LogP contribution in [0.25, 0.3) is 85.0 Å². The number of hydrogen-bond donors (Lipinski definition) is 0. The van der Waals surface area contributed by atoms with Crippen molar-refractivity contribution in [2.45, 2.75) is 58.8 Å². The highest BCUT2D eigenvalue weighted by atomic mass is 19.1. The smallest absolute Gasteiger partial charge is 0.203 e. The van der Waals surface area contributed by atoms with E-state index in [4.69, 9.17) is 15.5 Å². The Bertz CT molecular complexity index is 5040. The van der Waals surface area contributed by atoms with Gasteiger partial charge in [0.25, 0.3) is 0 Å². The van der Waals surface area contributed by atoms with Gasteiger partial charge in [-0.1, -0.05) is 43.3 Å². The lowest BCUT2D eigenvalue weighted by Crippen LogP contribution is -2.31. The van der Waals surface area contributed by atoms with Crippen LogP contribution < -0.4 is 14.7 Å². The third-order valence-corrected chi connectivity index (χ3v) is 20.4. The average Bonchev–Trinajstić information content (AvgIpc) is 1.63. The number of aromatic nitrogens is 12. The van der Waals surface area contributed by atoms with Gasteiger partial charge in [0.15, 0.2) is 11.6 Å². The molecule has 0 bridgehead atoms. The fraction of sp³-hybridized carbons (Fsp3) is 0.282. The SMILES string of the molecule is CN(C)C[C@@H]1CCN(c2ccc3c(c2)Cn2cc(-c4ccc(F)cc4)cc2-c2nnnn2-3)C1.C[C@H]1CCN(c2ccc3c(c2)Cn2cc(-c4ccc(C#N)cc4)cc2-c2nncn2-3)C1.Cc1cn2c(n1)-c1cc(-c3ccc(C#N)cc3)cn1Cc1cc(N3CC[C@@H](N(C)C)C3)ccc1-2. The molecule has 20 heteroatoms. The fourth-order valence-corrected chi connectivity index (χ4v) is 15.2. The summed E-state index contributed by atoms with van der Waals surface area (Å²) in [6.07, 6.45) is 14.1. The fourth-order valence-electron chi connectivity index (χ4n) is 15.2. The molecule has 98 heavy (non-hydrogen) atoms. The van der Waals surface area contributed by atoms with E-state index in [0.717, 1.165) is 144 Å². The van der Waals surface area contributed by atoms with Gasteiger partial charge in [-0.05, 0) is 219 Å². The van der Waals surface area contributed by atoms with Crippen molar-refractivity contribution < 1.29 is 4.39 Å². The summed E-state index contributed by atoms with van der Waals surface area (Å²) < 4.78 is 26.3. The van der Waals surface area contributed by atoms with E-state index in [0.29, 0.717) is 35.5 Å². The summed E-state index contributed by atoms with van der Waals surface area (Å²) in [4.78, 5) is 17.0. The molecular formula is C78H76FN19. The number of tetrazole rings is 1. The van der Waals surface area contributed by atoms with Crippen LogP contribution in [0.2, 0.25) is 0 Å². The molecule has 12 heterocycles. The molecule has 0 amide bonds. The Morgan fingerprint density at radius 3 is 1.55 bits per heavy atom. The molecule has 0 radical (unpaired) electrons. The third-order valence-electron chi connectivity index (χ3n) is 20.4. The van der Waals surface area contributed by atoms with Crippen LogP contribution in [0.1, 0.15) is 59.7 Å². The van der Waals surface area contributed by atoms with E-state index in [-0.39, 0.29) is 5.82 Å². The zero-order valence-corrected chi connectivity index (χ0v) is 56.0. The van der Waals surface area contributed by atoms with Crippen molar-refractivity contribution in [1.82, 2.24) is 68.0 Å². The van der Waals surface area contributed by atoms with E-state index in [1.54, 1.807) is 18.5 Å². The Morgan fingerprint density at radius 2 is 1.01 bits per heavy atom. The van der Waals surface area contributed by atoms with Crippen LogP contribution in [0.3, 0.4) is 0 Å². The summed E-state index contributed by atoms with van der Waals surface area (Å²) in [5.74, 6) is 3.73. The average molecular weight is 1300 g/mol. The van der Waals surface area contributed by atoms with Crippen LogP contribution in [-0.2, 0) is 19.6 Å². The molecule has 6 aromatic heterocycles. The summed E-state index contributed by atoms with van der Waals surface area (Å²) in [6, 6.07) is 53.8. The van der Waals surface area contributed by atoms with E-state index in [2.05, 4.69) is 225 Å². The molecule has 3 atom stereocenters. The predicted molar refractivity (Wildman–Crippen MR) is 381 cm³/mol. The number of halogens is 1. The van der Waals surface area contributed by atoms with Crippen molar-refractivity contribution in [2.75, 3.05) is 88.7 Å². The zero-order chi connectivity index (χ0) is 66.9. The molecule has 6 aliphatic rings. The molecule has 0 saturated carbocycles. The van der Waals surface area contributed by atoms with Gasteiger partial charge < -0.3 is 38.2 Å². The van der Waals surface area contributed by atoms with E-state index in [1.807, 2.05) is 53.2 Å². The first kappa shape index (κ1) is 61.7. The molecule has 19 nitrogen and oxygen atoms in total. The quantitative estimate of drug-likeness (QED) is 0.134. The Hall–Kier alpha value is -11.2. The molecule has 12 aromatic rings. The summed E-state index contributed by atoms with van der Waals surface area (Å²) >= 11 is 0. The van der Waals surface area contributed by atoms with Crippen LogP contribution >= 0.6 is 0 Å². The Balaban J connectivity index is 0.000000115. The lowest BCUT2D eigenvalue weighted by molar-refractivity contribution is 0.315. The van der Waals surface area contributed by atoms with Crippen LogP contribution in [0, 0.1) is 47.2 Å². The molecule has 3 saturated heterocycles. The molecule has 3 fully saturated rings. The number of nitriles is 2. The largest absolute Gasteiger partial charge is 0.371 e. The second kappa shape index (κ2) is 25.4. The monoisotopic (exact) mass is 1300 g/mol. The first-order valence-electron chi connectivity index (χ1n) is 33.8. The predicted octanol–water partition coefficient (Wildman–Crippen LogP) is 12.9. The lowest BCUT2D eigenvalue weighted by atomic mass is 10.1. The number of fused-ring (bicyclic) bond motifs is 15. The normalized spacial score (nSPS) is 16.9. The van der Waals surface area contributed by atoms with Crippen LogP contribution in [0.5, 0.6) is 0 Å². The molecule has 6 aliphatic heterocycles. The van der Waals surface area contributed by atoms with E-state index < -0.39 is 0 Å². The summed E-state index contributed by atoms with van der Waals surface area (Å²) in [5.41, 5.74) is 22.8. The van der Waals surface area contributed by atoms with Crippen molar-refractivity contribution in [2.24, 2.45) is 11.8 Å². The number of benzene rings is 6. The highest BCUT2D eigenvalue weighted by Gasteiger charge is 2.31. The van der Waals surface area contributed by atoms with Gasteiger partial charge in [-0.2, -0.15) is 15.2 Å². The highest BCUT2D eigenvalue weighted by Crippen LogP contribution is 2.40. The van der Waals surface area contributed by atoms with Gasteiger partial charge in [0.2, 0.25) is 5.82 Å². The number of nitrogens with zero attached hydrogens (tertiary/aromatic N) is 19. The van der Waals surface area contributed by atoms with Crippen molar-refractivity contribution in [1.29, 1.82) is 10.5 Å². The maximum absolute atomic E-state index is 13.4. The first-order chi connectivity index (χ1) is 47.7. The van der Waals surface area contributed by atoms with Crippen molar-refractivity contribution in [3.8, 4) is 97.1 Å². The number of anilines is 3. The van der Waals surface area contributed by atoms with Gasteiger partial charge in [0.05, 0.1) is 63.1 Å². The van der Waals surface area contributed by atoms with E-state index >= 15 is 0 Å². The van der Waals surface area contributed by atoms with E-state index in [9.17, 15) is 4.39 Å². The second-order valence-corrected chi connectivity index (χ2v) is 27.6. The van der Waals surface area contributed by atoms with Crippen LogP contribution in [-0.4, -0.2) is 148 Å². The molecule has 6 aromatic carbocycles. The number of imidazole rings is 1. The number of aryl methyl sites for hydroxylation is 1. The third kappa shape index (κ3) is 11.8. The van der Waals surface area contributed by atoms with E-state index in [1.165, 1.54) is 70.8 Å².